The van der Waals surface area contributed by atoms with Crippen molar-refractivity contribution in [1.82, 2.24) is 25.0 Å². The molecule has 24 heavy (non-hydrogen) atoms. The summed E-state index contributed by atoms with van der Waals surface area (Å²) in [6.07, 6.45) is 10.3. The standard InChI is InChI=1S/C18H29N5O/c1-2-7-13-12-14(13)19-18(24)22-11-6-8-15(22)17-21-20-16-9-4-3-5-10-23(16)17/h13-15H,2-12H2,1H3,(H,19,24). The topological polar surface area (TPSA) is 63.1 Å². The number of nitrogens with zero attached hydrogens (tertiary/aromatic N) is 4. The van der Waals surface area contributed by atoms with Gasteiger partial charge < -0.3 is 14.8 Å². The van der Waals surface area contributed by atoms with Crippen LogP contribution in [0.25, 0.3) is 0 Å². The van der Waals surface area contributed by atoms with E-state index in [0.29, 0.717) is 12.0 Å². The molecule has 0 spiro atoms. The molecule has 2 fully saturated rings. The van der Waals surface area contributed by atoms with Gasteiger partial charge in [0.1, 0.15) is 5.82 Å². The van der Waals surface area contributed by atoms with Crippen molar-refractivity contribution in [2.24, 2.45) is 5.92 Å². The molecule has 1 N–H and O–H groups in total. The average Bonchev–Trinajstić information content (AvgIpc) is 3.02. The van der Waals surface area contributed by atoms with Crippen molar-refractivity contribution in [3.8, 4) is 0 Å². The molecule has 3 aliphatic rings. The molecule has 3 heterocycles. The quantitative estimate of drug-likeness (QED) is 0.922. The van der Waals surface area contributed by atoms with Crippen LogP contribution in [0.3, 0.4) is 0 Å². The Bertz CT molecular complexity index is 598. The van der Waals surface area contributed by atoms with Crippen LogP contribution >= 0.6 is 0 Å². The third-order valence-electron chi connectivity index (χ3n) is 5.84. The monoisotopic (exact) mass is 331 g/mol. The summed E-state index contributed by atoms with van der Waals surface area (Å²) >= 11 is 0. The molecule has 0 aromatic carbocycles. The van der Waals surface area contributed by atoms with Crippen molar-refractivity contribution in [2.45, 2.75) is 83.3 Å². The van der Waals surface area contributed by atoms with Gasteiger partial charge in [-0.1, -0.05) is 19.8 Å². The Morgan fingerprint density at radius 1 is 1.21 bits per heavy atom. The molecule has 0 bridgehead atoms. The number of nitrogens with one attached hydrogen (secondary N) is 1. The predicted octanol–water partition coefficient (Wildman–Crippen LogP) is 3.04. The molecular formula is C18H29N5O. The number of amides is 2. The molecule has 1 aromatic heterocycles. The summed E-state index contributed by atoms with van der Waals surface area (Å²) in [5, 5.41) is 12.1. The number of fused-ring (bicyclic) bond motifs is 1. The number of likely N-dealkylation sites (tertiary alicyclic amines) is 1. The van der Waals surface area contributed by atoms with Gasteiger partial charge >= 0.3 is 6.03 Å². The maximum atomic E-state index is 12.7. The van der Waals surface area contributed by atoms with E-state index in [0.717, 1.165) is 50.4 Å². The summed E-state index contributed by atoms with van der Waals surface area (Å²) in [5.74, 6) is 2.82. The van der Waals surface area contributed by atoms with Gasteiger partial charge in [-0.2, -0.15) is 0 Å². The molecular weight excluding hydrogens is 302 g/mol. The molecule has 0 radical (unpaired) electrons. The van der Waals surface area contributed by atoms with Crippen molar-refractivity contribution in [3.05, 3.63) is 11.6 Å². The maximum Gasteiger partial charge on any atom is 0.318 e. The SMILES string of the molecule is CCCC1CC1NC(=O)N1CCCC1c1nnc2n1CCCCC2. The second kappa shape index (κ2) is 6.73. The van der Waals surface area contributed by atoms with Crippen molar-refractivity contribution in [1.29, 1.82) is 0 Å². The molecule has 1 saturated heterocycles. The molecule has 1 saturated carbocycles. The van der Waals surface area contributed by atoms with Crippen LogP contribution in [-0.2, 0) is 13.0 Å². The third-order valence-corrected chi connectivity index (χ3v) is 5.84. The zero-order valence-corrected chi connectivity index (χ0v) is 14.7. The average molecular weight is 331 g/mol. The van der Waals surface area contributed by atoms with Gasteiger partial charge in [0.2, 0.25) is 0 Å². The first kappa shape index (κ1) is 15.9. The van der Waals surface area contributed by atoms with E-state index < -0.39 is 0 Å². The lowest BCUT2D eigenvalue weighted by Gasteiger charge is -2.25. The van der Waals surface area contributed by atoms with Gasteiger partial charge in [-0.25, -0.2) is 4.79 Å². The van der Waals surface area contributed by atoms with Crippen molar-refractivity contribution in [2.75, 3.05) is 6.54 Å². The molecule has 6 heteroatoms. The first-order valence-electron chi connectivity index (χ1n) is 9.77. The number of carbonyl (C=O) groups is 1. The minimum Gasteiger partial charge on any atom is -0.335 e. The maximum absolute atomic E-state index is 12.7. The number of hydrogen-bond donors (Lipinski definition) is 1. The van der Waals surface area contributed by atoms with E-state index in [1.165, 1.54) is 32.1 Å². The summed E-state index contributed by atoms with van der Waals surface area (Å²) in [4.78, 5) is 14.7. The molecule has 3 atom stereocenters. The van der Waals surface area contributed by atoms with Gasteiger partial charge in [0.25, 0.3) is 0 Å². The van der Waals surface area contributed by atoms with E-state index in [4.69, 9.17) is 0 Å². The molecule has 6 nitrogen and oxygen atoms in total. The predicted molar refractivity (Wildman–Crippen MR) is 91.6 cm³/mol. The fourth-order valence-corrected chi connectivity index (χ4v) is 4.39. The summed E-state index contributed by atoms with van der Waals surface area (Å²) in [5.41, 5.74) is 0. The Hall–Kier alpha value is -1.59. The largest absolute Gasteiger partial charge is 0.335 e. The second-order valence-corrected chi connectivity index (χ2v) is 7.63. The highest BCUT2D eigenvalue weighted by molar-refractivity contribution is 5.75. The highest BCUT2D eigenvalue weighted by Crippen LogP contribution is 2.36. The van der Waals surface area contributed by atoms with Gasteiger partial charge in [-0.05, 0) is 44.4 Å². The van der Waals surface area contributed by atoms with Crippen molar-refractivity contribution in [3.63, 3.8) is 0 Å². The van der Waals surface area contributed by atoms with Gasteiger partial charge in [0, 0.05) is 25.6 Å². The Kier molecular flexibility index (Phi) is 4.46. The highest BCUT2D eigenvalue weighted by Gasteiger charge is 2.40. The lowest BCUT2D eigenvalue weighted by Crippen LogP contribution is -2.41. The Labute approximate surface area is 144 Å². The summed E-state index contributed by atoms with van der Waals surface area (Å²) < 4.78 is 2.29. The van der Waals surface area contributed by atoms with Crippen LogP contribution in [0.4, 0.5) is 4.79 Å². The third kappa shape index (κ3) is 3.03. The lowest BCUT2D eigenvalue weighted by atomic mass is 10.2. The van der Waals surface area contributed by atoms with Gasteiger partial charge in [-0.15, -0.1) is 10.2 Å². The van der Waals surface area contributed by atoms with E-state index in [9.17, 15) is 4.79 Å². The minimum atomic E-state index is 0.104. The highest BCUT2D eigenvalue weighted by atomic mass is 16.2. The van der Waals surface area contributed by atoms with Gasteiger partial charge in [-0.3, -0.25) is 0 Å². The van der Waals surface area contributed by atoms with Crippen LogP contribution in [0.1, 0.15) is 76.0 Å². The number of carbonyl (C=O) groups excluding carboxylic acids is 1. The smallest absolute Gasteiger partial charge is 0.318 e. The summed E-state index contributed by atoms with van der Waals surface area (Å²) in [6.45, 7) is 4.05. The van der Waals surface area contributed by atoms with Crippen molar-refractivity contribution < 1.29 is 4.79 Å². The van der Waals surface area contributed by atoms with Crippen LogP contribution in [0.2, 0.25) is 0 Å². The molecule has 4 rings (SSSR count). The summed E-state index contributed by atoms with van der Waals surface area (Å²) in [6, 6.07) is 0.606. The van der Waals surface area contributed by atoms with E-state index in [2.05, 4.69) is 27.0 Å². The van der Waals surface area contributed by atoms with E-state index in [-0.39, 0.29) is 12.1 Å². The molecule has 3 unspecified atom stereocenters. The van der Waals surface area contributed by atoms with Gasteiger partial charge in [0.05, 0.1) is 6.04 Å². The number of hydrogen-bond acceptors (Lipinski definition) is 3. The number of aryl methyl sites for hydroxylation is 1. The Morgan fingerprint density at radius 3 is 3.00 bits per heavy atom. The summed E-state index contributed by atoms with van der Waals surface area (Å²) in [7, 11) is 0. The number of aromatic nitrogens is 3. The fraction of sp³-hybridized carbons (Fsp3) is 0.833. The molecule has 1 aromatic rings. The molecule has 2 amide bonds. The van der Waals surface area contributed by atoms with Crippen LogP contribution in [-0.4, -0.2) is 38.3 Å². The molecule has 2 aliphatic heterocycles. The lowest BCUT2D eigenvalue weighted by molar-refractivity contribution is 0.188. The Morgan fingerprint density at radius 2 is 2.12 bits per heavy atom. The van der Waals surface area contributed by atoms with Crippen LogP contribution < -0.4 is 5.32 Å². The van der Waals surface area contributed by atoms with E-state index in [1.54, 1.807) is 0 Å². The first-order chi connectivity index (χ1) is 11.8. The normalized spacial score (nSPS) is 29.2. The van der Waals surface area contributed by atoms with Crippen molar-refractivity contribution >= 4 is 6.03 Å². The number of urea groups is 1. The minimum absolute atomic E-state index is 0.104. The Balaban J connectivity index is 1.45. The first-order valence-corrected chi connectivity index (χ1v) is 9.77. The van der Waals surface area contributed by atoms with E-state index in [1.807, 2.05) is 4.90 Å². The van der Waals surface area contributed by atoms with Crippen LogP contribution in [0.15, 0.2) is 0 Å². The fourth-order valence-electron chi connectivity index (χ4n) is 4.39. The molecule has 1 aliphatic carbocycles. The zero-order valence-electron chi connectivity index (χ0n) is 14.7. The second-order valence-electron chi connectivity index (χ2n) is 7.63. The number of rotatable bonds is 4. The van der Waals surface area contributed by atoms with E-state index >= 15 is 0 Å². The van der Waals surface area contributed by atoms with Crippen LogP contribution in [0, 0.1) is 5.92 Å². The van der Waals surface area contributed by atoms with Gasteiger partial charge in [0.15, 0.2) is 5.82 Å². The zero-order chi connectivity index (χ0) is 16.5. The van der Waals surface area contributed by atoms with Crippen LogP contribution in [0.5, 0.6) is 0 Å². The molecule has 132 valence electrons.